The fourth-order valence-corrected chi connectivity index (χ4v) is 1.46. The molecular formula is C8H16N. The molecule has 0 spiro atoms. The van der Waals surface area contributed by atoms with E-state index in [0.717, 1.165) is 6.04 Å². The lowest BCUT2D eigenvalue weighted by Gasteiger charge is -2.18. The maximum absolute atomic E-state index is 2.46. The SMILES string of the molecule is CC[CH]N1CCCC1C. The van der Waals surface area contributed by atoms with Gasteiger partial charge in [-0.25, -0.2) is 0 Å². The first-order valence-corrected chi connectivity index (χ1v) is 3.93. The minimum atomic E-state index is 0.810. The lowest BCUT2D eigenvalue weighted by Crippen LogP contribution is -2.23. The molecular weight excluding hydrogens is 110 g/mol. The van der Waals surface area contributed by atoms with E-state index in [1.165, 1.54) is 25.8 Å². The molecule has 0 saturated carbocycles. The summed E-state index contributed by atoms with van der Waals surface area (Å²) in [5.74, 6) is 0. The molecule has 9 heavy (non-hydrogen) atoms. The summed E-state index contributed by atoms with van der Waals surface area (Å²) in [4.78, 5) is 2.46. The summed E-state index contributed by atoms with van der Waals surface area (Å²) in [6, 6.07) is 0.810. The van der Waals surface area contributed by atoms with E-state index in [1.54, 1.807) is 0 Å². The standard InChI is InChI=1S/C8H16N/c1-3-6-9-7-4-5-8(9)2/h6,8H,3-5,7H2,1-2H3. The lowest BCUT2D eigenvalue weighted by atomic mass is 10.2. The first-order chi connectivity index (χ1) is 4.34. The molecule has 1 aliphatic rings. The second-order valence-electron chi connectivity index (χ2n) is 2.82. The van der Waals surface area contributed by atoms with Crippen molar-refractivity contribution in [2.45, 2.75) is 39.2 Å². The van der Waals surface area contributed by atoms with Crippen molar-refractivity contribution >= 4 is 0 Å². The number of rotatable bonds is 2. The molecule has 53 valence electrons. The molecule has 1 unspecified atom stereocenters. The third kappa shape index (κ3) is 1.68. The van der Waals surface area contributed by atoms with Crippen LogP contribution in [0.5, 0.6) is 0 Å². The van der Waals surface area contributed by atoms with Crippen LogP contribution in [-0.2, 0) is 0 Å². The molecule has 0 bridgehead atoms. The molecule has 1 saturated heterocycles. The fraction of sp³-hybridized carbons (Fsp3) is 0.875. The first-order valence-electron chi connectivity index (χ1n) is 3.93. The van der Waals surface area contributed by atoms with Crippen molar-refractivity contribution in [2.24, 2.45) is 0 Å². The lowest BCUT2D eigenvalue weighted by molar-refractivity contribution is 0.322. The first kappa shape index (κ1) is 7.07. The van der Waals surface area contributed by atoms with Crippen LogP contribution < -0.4 is 0 Å². The van der Waals surface area contributed by atoms with Crippen molar-refractivity contribution in [1.82, 2.24) is 4.90 Å². The van der Waals surface area contributed by atoms with Gasteiger partial charge in [-0.3, -0.25) is 4.90 Å². The van der Waals surface area contributed by atoms with Crippen molar-refractivity contribution in [1.29, 1.82) is 0 Å². The van der Waals surface area contributed by atoms with Gasteiger partial charge >= 0.3 is 0 Å². The van der Waals surface area contributed by atoms with E-state index in [0.29, 0.717) is 0 Å². The van der Waals surface area contributed by atoms with Gasteiger partial charge in [0.05, 0.1) is 0 Å². The second-order valence-corrected chi connectivity index (χ2v) is 2.82. The van der Waals surface area contributed by atoms with E-state index in [1.807, 2.05) is 0 Å². The van der Waals surface area contributed by atoms with Gasteiger partial charge in [0.15, 0.2) is 0 Å². The molecule has 0 aromatic heterocycles. The molecule has 1 rings (SSSR count). The summed E-state index contributed by atoms with van der Waals surface area (Å²) >= 11 is 0. The van der Waals surface area contributed by atoms with Gasteiger partial charge in [0.25, 0.3) is 0 Å². The minimum absolute atomic E-state index is 0.810. The summed E-state index contributed by atoms with van der Waals surface area (Å²) in [6.07, 6.45) is 3.96. The van der Waals surface area contributed by atoms with Gasteiger partial charge in [-0.1, -0.05) is 6.92 Å². The normalized spacial score (nSPS) is 29.3. The Kier molecular flexibility index (Phi) is 2.52. The van der Waals surface area contributed by atoms with Gasteiger partial charge in [0.1, 0.15) is 0 Å². The van der Waals surface area contributed by atoms with E-state index in [-0.39, 0.29) is 0 Å². The van der Waals surface area contributed by atoms with E-state index in [2.05, 4.69) is 25.3 Å². The van der Waals surface area contributed by atoms with Crippen LogP contribution in [0.25, 0.3) is 0 Å². The Morgan fingerprint density at radius 2 is 2.44 bits per heavy atom. The van der Waals surface area contributed by atoms with Crippen LogP contribution in [-0.4, -0.2) is 17.5 Å². The molecule has 1 atom stereocenters. The Balaban J connectivity index is 2.22. The molecule has 1 fully saturated rings. The van der Waals surface area contributed by atoms with Crippen LogP contribution in [0.2, 0.25) is 0 Å². The van der Waals surface area contributed by atoms with Crippen LogP contribution in [0.1, 0.15) is 33.1 Å². The fourth-order valence-electron chi connectivity index (χ4n) is 1.46. The zero-order valence-corrected chi connectivity index (χ0v) is 6.43. The Hall–Kier alpha value is -0.0400. The van der Waals surface area contributed by atoms with Gasteiger partial charge in [-0.05, 0) is 32.7 Å². The molecule has 0 aliphatic carbocycles. The monoisotopic (exact) mass is 126 g/mol. The Labute approximate surface area is 58.0 Å². The maximum Gasteiger partial charge on any atom is 0.0251 e. The average molecular weight is 126 g/mol. The summed E-state index contributed by atoms with van der Waals surface area (Å²) in [5.41, 5.74) is 0. The predicted octanol–water partition coefficient (Wildman–Crippen LogP) is 2.04. The van der Waals surface area contributed by atoms with Gasteiger partial charge in [-0.15, -0.1) is 0 Å². The highest BCUT2D eigenvalue weighted by Crippen LogP contribution is 2.17. The Morgan fingerprint density at radius 3 is 2.89 bits per heavy atom. The molecule has 1 nitrogen and oxygen atoms in total. The summed E-state index contributed by atoms with van der Waals surface area (Å²) < 4.78 is 0. The van der Waals surface area contributed by atoms with Crippen LogP contribution in [0.15, 0.2) is 0 Å². The molecule has 0 aromatic carbocycles. The third-order valence-electron chi connectivity index (χ3n) is 2.02. The predicted molar refractivity (Wildman–Crippen MR) is 40.0 cm³/mol. The van der Waals surface area contributed by atoms with E-state index in [4.69, 9.17) is 0 Å². The summed E-state index contributed by atoms with van der Waals surface area (Å²) in [7, 11) is 0. The van der Waals surface area contributed by atoms with Crippen molar-refractivity contribution < 1.29 is 0 Å². The molecule has 1 radical (unpaired) electrons. The zero-order chi connectivity index (χ0) is 6.69. The number of likely N-dealkylation sites (tertiary alicyclic amines) is 1. The van der Waals surface area contributed by atoms with Crippen LogP contribution in [0.4, 0.5) is 0 Å². The van der Waals surface area contributed by atoms with E-state index >= 15 is 0 Å². The highest BCUT2D eigenvalue weighted by atomic mass is 15.2. The van der Waals surface area contributed by atoms with Crippen LogP contribution in [0, 0.1) is 6.54 Å². The number of hydrogen-bond acceptors (Lipinski definition) is 1. The quantitative estimate of drug-likeness (QED) is 0.547. The van der Waals surface area contributed by atoms with Gasteiger partial charge < -0.3 is 0 Å². The average Bonchev–Trinajstić information content (AvgIpc) is 2.18. The maximum atomic E-state index is 2.46. The molecule has 1 heteroatoms. The number of hydrogen-bond donors (Lipinski definition) is 0. The largest absolute Gasteiger partial charge is 0.296 e. The van der Waals surface area contributed by atoms with E-state index < -0.39 is 0 Å². The number of nitrogens with zero attached hydrogens (tertiary/aromatic N) is 1. The molecule has 1 aliphatic heterocycles. The van der Waals surface area contributed by atoms with Gasteiger partial charge in [0.2, 0.25) is 0 Å². The molecule has 0 aromatic rings. The highest BCUT2D eigenvalue weighted by molar-refractivity contribution is 4.79. The van der Waals surface area contributed by atoms with Crippen molar-refractivity contribution in [3.05, 3.63) is 6.54 Å². The van der Waals surface area contributed by atoms with Crippen LogP contribution >= 0.6 is 0 Å². The smallest absolute Gasteiger partial charge is 0.0251 e. The van der Waals surface area contributed by atoms with Gasteiger partial charge in [-0.2, -0.15) is 0 Å². The van der Waals surface area contributed by atoms with Crippen molar-refractivity contribution in [3.63, 3.8) is 0 Å². The summed E-state index contributed by atoms with van der Waals surface area (Å²) in [6.45, 7) is 8.11. The molecule has 1 heterocycles. The Morgan fingerprint density at radius 1 is 1.67 bits per heavy atom. The van der Waals surface area contributed by atoms with Crippen molar-refractivity contribution in [3.8, 4) is 0 Å². The highest BCUT2D eigenvalue weighted by Gasteiger charge is 2.18. The zero-order valence-electron chi connectivity index (χ0n) is 6.43. The minimum Gasteiger partial charge on any atom is -0.296 e. The second kappa shape index (κ2) is 3.21. The third-order valence-corrected chi connectivity index (χ3v) is 2.02. The summed E-state index contributed by atoms with van der Waals surface area (Å²) in [5, 5.41) is 0. The van der Waals surface area contributed by atoms with Crippen molar-refractivity contribution in [2.75, 3.05) is 6.54 Å². The molecule has 0 N–H and O–H groups in total. The Bertz CT molecular complexity index is 80.6. The molecule has 0 amide bonds. The topological polar surface area (TPSA) is 3.24 Å². The van der Waals surface area contributed by atoms with Crippen LogP contribution in [0.3, 0.4) is 0 Å². The van der Waals surface area contributed by atoms with E-state index in [9.17, 15) is 0 Å². The van der Waals surface area contributed by atoms with Gasteiger partial charge in [0, 0.05) is 12.6 Å².